The summed E-state index contributed by atoms with van der Waals surface area (Å²) >= 11 is 4.75. The van der Waals surface area contributed by atoms with E-state index >= 15 is 0 Å². The van der Waals surface area contributed by atoms with E-state index in [-0.39, 0.29) is 22.0 Å². The van der Waals surface area contributed by atoms with Gasteiger partial charge in [-0.3, -0.25) is 5.10 Å². The maximum absolute atomic E-state index is 13.8. The normalized spacial score (nSPS) is 11.8. The summed E-state index contributed by atoms with van der Waals surface area (Å²) in [5.41, 5.74) is 5.85. The number of aromatic amines is 1. The van der Waals surface area contributed by atoms with Gasteiger partial charge in [-0.25, -0.2) is 12.8 Å². The molecule has 2 rings (SSSR count). The smallest absolute Gasteiger partial charge is 0.243 e. The molecular weight excluding hydrogens is 315 g/mol. The highest BCUT2D eigenvalue weighted by molar-refractivity contribution is 7.89. The number of thiocarbonyl (C=S) groups is 1. The minimum atomic E-state index is -3.93. The van der Waals surface area contributed by atoms with Gasteiger partial charge in [0.15, 0.2) is 0 Å². The van der Waals surface area contributed by atoms with Crippen molar-refractivity contribution in [1.29, 1.82) is 0 Å². The molecule has 3 N–H and O–H groups in total. The molecule has 0 radical (unpaired) electrons. The first-order chi connectivity index (χ1) is 9.84. The lowest BCUT2D eigenvalue weighted by Gasteiger charge is -2.18. The summed E-state index contributed by atoms with van der Waals surface area (Å²) in [6.45, 7) is 0.0894. The maximum Gasteiger partial charge on any atom is 0.243 e. The predicted molar refractivity (Wildman–Crippen MR) is 79.5 cm³/mol. The molecule has 0 aliphatic heterocycles. The number of H-pyrrole nitrogens is 1. The van der Waals surface area contributed by atoms with E-state index in [4.69, 9.17) is 18.0 Å². The van der Waals surface area contributed by atoms with Crippen LogP contribution < -0.4 is 5.73 Å². The SMILES string of the molecule is CN(Cc1cn[nH]c1)S(=O)(=O)c1cccc(F)c1C(N)=S. The molecular formula is C12H13FN4O2S2. The number of halogens is 1. The molecule has 0 spiro atoms. The standard InChI is InChI=1S/C12H13FN4O2S2/c1-17(7-8-5-15-16-6-8)21(18,19)10-4-2-3-9(13)11(10)12(14)20/h2-6H,7H2,1H3,(H2,14,20)(H,15,16). The average Bonchev–Trinajstić information content (AvgIpc) is 2.90. The molecule has 1 aromatic carbocycles. The van der Waals surface area contributed by atoms with Gasteiger partial charge in [0.25, 0.3) is 0 Å². The van der Waals surface area contributed by atoms with Crippen LogP contribution in [0.2, 0.25) is 0 Å². The van der Waals surface area contributed by atoms with Crippen LogP contribution in [0.4, 0.5) is 4.39 Å². The molecule has 2 aromatic rings. The number of rotatable bonds is 5. The third kappa shape index (κ3) is 3.09. The second-order valence-corrected chi connectivity index (χ2v) is 6.80. The Bertz CT molecular complexity index is 760. The van der Waals surface area contributed by atoms with Gasteiger partial charge in [0.05, 0.1) is 16.7 Å². The van der Waals surface area contributed by atoms with E-state index in [2.05, 4.69) is 10.2 Å². The van der Waals surface area contributed by atoms with Gasteiger partial charge in [0.1, 0.15) is 10.8 Å². The monoisotopic (exact) mass is 328 g/mol. The molecule has 1 heterocycles. The Morgan fingerprint density at radius 3 is 2.81 bits per heavy atom. The molecule has 0 unspecified atom stereocenters. The first kappa shape index (κ1) is 15.5. The van der Waals surface area contributed by atoms with Gasteiger partial charge < -0.3 is 5.73 Å². The zero-order valence-electron chi connectivity index (χ0n) is 11.1. The van der Waals surface area contributed by atoms with Crippen molar-refractivity contribution < 1.29 is 12.8 Å². The number of sulfonamides is 1. The van der Waals surface area contributed by atoms with Crippen LogP contribution in [0.15, 0.2) is 35.5 Å². The van der Waals surface area contributed by atoms with E-state index in [1.807, 2.05) is 0 Å². The Morgan fingerprint density at radius 1 is 1.52 bits per heavy atom. The summed E-state index contributed by atoms with van der Waals surface area (Å²) in [6, 6.07) is 3.69. The minimum Gasteiger partial charge on any atom is -0.389 e. The number of aromatic nitrogens is 2. The molecule has 112 valence electrons. The molecule has 9 heteroatoms. The van der Waals surface area contributed by atoms with Crippen LogP contribution in [0.5, 0.6) is 0 Å². The molecule has 0 bridgehead atoms. The highest BCUT2D eigenvalue weighted by Gasteiger charge is 2.27. The highest BCUT2D eigenvalue weighted by Crippen LogP contribution is 2.23. The van der Waals surface area contributed by atoms with Crippen LogP contribution in [0.25, 0.3) is 0 Å². The van der Waals surface area contributed by atoms with Crippen molar-refractivity contribution in [2.45, 2.75) is 11.4 Å². The van der Waals surface area contributed by atoms with Gasteiger partial charge >= 0.3 is 0 Å². The molecule has 0 fully saturated rings. The number of hydrogen-bond acceptors (Lipinski definition) is 4. The summed E-state index contributed by atoms with van der Waals surface area (Å²) in [7, 11) is -2.54. The zero-order valence-corrected chi connectivity index (χ0v) is 12.7. The predicted octanol–water partition coefficient (Wildman–Crippen LogP) is 1.00. The Labute approximate surface area is 126 Å². The van der Waals surface area contributed by atoms with Gasteiger partial charge in [0.2, 0.25) is 10.0 Å². The van der Waals surface area contributed by atoms with Gasteiger partial charge in [-0.15, -0.1) is 0 Å². The second kappa shape index (κ2) is 5.88. The lowest BCUT2D eigenvalue weighted by Crippen LogP contribution is -2.29. The number of nitrogens with zero attached hydrogens (tertiary/aromatic N) is 2. The Hall–Kier alpha value is -1.84. The Morgan fingerprint density at radius 2 is 2.24 bits per heavy atom. The first-order valence-electron chi connectivity index (χ1n) is 5.86. The lowest BCUT2D eigenvalue weighted by atomic mass is 10.2. The largest absolute Gasteiger partial charge is 0.389 e. The van der Waals surface area contributed by atoms with Crippen molar-refractivity contribution in [2.24, 2.45) is 5.73 Å². The summed E-state index contributed by atoms with van der Waals surface area (Å²) in [5.74, 6) is -0.764. The van der Waals surface area contributed by atoms with Crippen LogP contribution in [-0.2, 0) is 16.6 Å². The van der Waals surface area contributed by atoms with E-state index < -0.39 is 15.8 Å². The van der Waals surface area contributed by atoms with Gasteiger partial charge in [-0.05, 0) is 12.1 Å². The van der Waals surface area contributed by atoms with Crippen LogP contribution in [0.1, 0.15) is 11.1 Å². The molecule has 0 aliphatic carbocycles. The van der Waals surface area contributed by atoms with Crippen molar-refractivity contribution >= 4 is 27.2 Å². The zero-order chi connectivity index (χ0) is 15.6. The number of nitrogens with one attached hydrogen (secondary N) is 1. The first-order valence-corrected chi connectivity index (χ1v) is 7.71. The molecule has 6 nitrogen and oxygen atoms in total. The molecule has 0 atom stereocenters. The van der Waals surface area contributed by atoms with Crippen molar-refractivity contribution in [3.8, 4) is 0 Å². The Balaban J connectivity index is 2.44. The van der Waals surface area contributed by atoms with Crippen LogP contribution in [0, 0.1) is 5.82 Å². The van der Waals surface area contributed by atoms with Crippen LogP contribution in [-0.4, -0.2) is 35.0 Å². The fourth-order valence-electron chi connectivity index (χ4n) is 1.83. The van der Waals surface area contributed by atoms with Gasteiger partial charge in [-0.2, -0.15) is 9.40 Å². The van der Waals surface area contributed by atoms with Crippen molar-refractivity contribution in [2.75, 3.05) is 7.05 Å². The topological polar surface area (TPSA) is 92.1 Å². The number of hydrogen-bond donors (Lipinski definition) is 2. The summed E-state index contributed by atoms with van der Waals surface area (Å²) in [6.07, 6.45) is 3.08. The molecule has 0 saturated carbocycles. The third-order valence-corrected chi connectivity index (χ3v) is 4.92. The molecule has 0 saturated heterocycles. The van der Waals surface area contributed by atoms with E-state index in [1.54, 1.807) is 6.20 Å². The summed E-state index contributed by atoms with van der Waals surface area (Å²) in [4.78, 5) is -0.551. The van der Waals surface area contributed by atoms with Crippen LogP contribution in [0.3, 0.4) is 0 Å². The van der Waals surface area contributed by atoms with Crippen molar-refractivity contribution in [1.82, 2.24) is 14.5 Å². The summed E-state index contributed by atoms with van der Waals surface area (Å²) in [5, 5.41) is 6.34. The van der Waals surface area contributed by atoms with Crippen molar-refractivity contribution in [3.05, 3.63) is 47.5 Å². The fourth-order valence-corrected chi connectivity index (χ4v) is 3.48. The number of benzene rings is 1. The van der Waals surface area contributed by atoms with E-state index in [0.29, 0.717) is 5.56 Å². The molecule has 1 aromatic heterocycles. The highest BCUT2D eigenvalue weighted by atomic mass is 32.2. The van der Waals surface area contributed by atoms with Crippen LogP contribution >= 0.6 is 12.2 Å². The fraction of sp³-hybridized carbons (Fsp3) is 0.167. The quantitative estimate of drug-likeness (QED) is 0.799. The maximum atomic E-state index is 13.8. The summed E-state index contributed by atoms with van der Waals surface area (Å²) < 4.78 is 40.0. The number of nitrogens with two attached hydrogens (primary N) is 1. The average molecular weight is 328 g/mol. The second-order valence-electron chi connectivity index (χ2n) is 4.34. The minimum absolute atomic E-state index is 0.0894. The van der Waals surface area contributed by atoms with Crippen molar-refractivity contribution in [3.63, 3.8) is 0 Å². The molecule has 0 amide bonds. The molecule has 0 aliphatic rings. The van der Waals surface area contributed by atoms with Gasteiger partial charge in [0, 0.05) is 25.4 Å². The van der Waals surface area contributed by atoms with E-state index in [0.717, 1.165) is 10.4 Å². The lowest BCUT2D eigenvalue weighted by molar-refractivity contribution is 0.466. The Kier molecular flexibility index (Phi) is 4.35. The van der Waals surface area contributed by atoms with E-state index in [1.165, 1.54) is 25.4 Å². The van der Waals surface area contributed by atoms with Gasteiger partial charge in [-0.1, -0.05) is 18.3 Å². The molecule has 21 heavy (non-hydrogen) atoms. The van der Waals surface area contributed by atoms with E-state index in [9.17, 15) is 12.8 Å². The third-order valence-electron chi connectivity index (χ3n) is 2.87.